The first-order chi connectivity index (χ1) is 6.04. The maximum atomic E-state index is 5.74. The van der Waals surface area contributed by atoms with Gasteiger partial charge in [0, 0.05) is 6.61 Å². The molecule has 0 bridgehead atoms. The zero-order valence-corrected chi connectivity index (χ0v) is 9.60. The fourth-order valence-electron chi connectivity index (χ4n) is 2.19. The number of ether oxygens (including phenoxy) is 1. The molecule has 1 aliphatic heterocycles. The third-order valence-corrected chi connectivity index (χ3v) is 3.20. The highest BCUT2D eigenvalue weighted by Crippen LogP contribution is 2.36. The van der Waals surface area contributed by atoms with Crippen LogP contribution >= 0.6 is 0 Å². The lowest BCUT2D eigenvalue weighted by Gasteiger charge is -2.37. The van der Waals surface area contributed by atoms with Crippen LogP contribution in [0.2, 0.25) is 0 Å². The Morgan fingerprint density at radius 3 is 2.54 bits per heavy atom. The fourth-order valence-corrected chi connectivity index (χ4v) is 2.19. The zero-order chi connectivity index (χ0) is 9.90. The van der Waals surface area contributed by atoms with Crippen LogP contribution in [0, 0.1) is 11.3 Å². The summed E-state index contributed by atoms with van der Waals surface area (Å²) in [6.45, 7) is 10.3. The molecule has 0 radical (unpaired) electrons. The minimum Gasteiger partial charge on any atom is -0.378 e. The Morgan fingerprint density at radius 1 is 1.31 bits per heavy atom. The van der Waals surface area contributed by atoms with Gasteiger partial charge in [0.05, 0.1) is 6.10 Å². The molecule has 13 heavy (non-hydrogen) atoms. The van der Waals surface area contributed by atoms with Crippen molar-refractivity contribution >= 4 is 0 Å². The summed E-state index contributed by atoms with van der Waals surface area (Å²) < 4.78 is 5.74. The predicted molar refractivity (Wildman–Crippen MR) is 56.8 cm³/mol. The van der Waals surface area contributed by atoms with Crippen LogP contribution in [-0.4, -0.2) is 12.7 Å². The average molecular weight is 184 g/mol. The van der Waals surface area contributed by atoms with Crippen molar-refractivity contribution in [2.75, 3.05) is 6.61 Å². The van der Waals surface area contributed by atoms with Crippen molar-refractivity contribution in [3.63, 3.8) is 0 Å². The van der Waals surface area contributed by atoms with Crippen molar-refractivity contribution in [2.24, 2.45) is 11.3 Å². The lowest BCUT2D eigenvalue weighted by Crippen LogP contribution is -2.32. The van der Waals surface area contributed by atoms with Gasteiger partial charge >= 0.3 is 0 Å². The van der Waals surface area contributed by atoms with Crippen molar-refractivity contribution in [3.8, 4) is 0 Å². The van der Waals surface area contributed by atoms with Crippen LogP contribution in [0.15, 0.2) is 0 Å². The average Bonchev–Trinajstić information content (AvgIpc) is 2.04. The Morgan fingerprint density at radius 2 is 2.00 bits per heavy atom. The molecule has 0 aromatic carbocycles. The van der Waals surface area contributed by atoms with E-state index in [1.807, 2.05) is 0 Å². The summed E-state index contributed by atoms with van der Waals surface area (Å²) >= 11 is 0. The summed E-state index contributed by atoms with van der Waals surface area (Å²) in [4.78, 5) is 0. The molecule has 0 aromatic rings. The maximum absolute atomic E-state index is 5.74. The first kappa shape index (κ1) is 11.0. The van der Waals surface area contributed by atoms with Gasteiger partial charge in [-0.15, -0.1) is 0 Å². The van der Waals surface area contributed by atoms with Gasteiger partial charge in [-0.05, 0) is 30.6 Å². The summed E-state index contributed by atoms with van der Waals surface area (Å²) in [5.41, 5.74) is 0.468. The van der Waals surface area contributed by atoms with Crippen molar-refractivity contribution in [2.45, 2.75) is 59.5 Å². The van der Waals surface area contributed by atoms with Gasteiger partial charge in [-0.3, -0.25) is 0 Å². The molecule has 0 aromatic heterocycles. The maximum Gasteiger partial charge on any atom is 0.0577 e. The Hall–Kier alpha value is -0.0400. The Labute approximate surface area is 82.9 Å². The van der Waals surface area contributed by atoms with E-state index in [2.05, 4.69) is 27.7 Å². The largest absolute Gasteiger partial charge is 0.378 e. The molecule has 1 heterocycles. The SMILES string of the molecule is CCCC1CC(C(C)(C)C)CCO1. The standard InChI is InChI=1S/C12H24O/c1-5-6-11-9-10(7-8-13-11)12(2,3)4/h10-11H,5-9H2,1-4H3. The van der Waals surface area contributed by atoms with Gasteiger partial charge in [0.15, 0.2) is 0 Å². The van der Waals surface area contributed by atoms with E-state index in [4.69, 9.17) is 4.74 Å². The van der Waals surface area contributed by atoms with E-state index in [1.165, 1.54) is 25.7 Å². The van der Waals surface area contributed by atoms with Crippen LogP contribution in [0.5, 0.6) is 0 Å². The second kappa shape index (κ2) is 4.45. The van der Waals surface area contributed by atoms with Crippen LogP contribution in [0.4, 0.5) is 0 Å². The van der Waals surface area contributed by atoms with E-state index in [0.717, 1.165) is 12.5 Å². The lowest BCUT2D eigenvalue weighted by atomic mass is 9.74. The fraction of sp³-hybridized carbons (Fsp3) is 1.00. The number of hydrogen-bond donors (Lipinski definition) is 0. The summed E-state index contributed by atoms with van der Waals surface area (Å²) in [5, 5.41) is 0. The quantitative estimate of drug-likeness (QED) is 0.637. The normalized spacial score (nSPS) is 30.5. The van der Waals surface area contributed by atoms with E-state index in [9.17, 15) is 0 Å². The molecule has 78 valence electrons. The molecule has 1 nitrogen and oxygen atoms in total. The third-order valence-electron chi connectivity index (χ3n) is 3.20. The smallest absolute Gasteiger partial charge is 0.0577 e. The molecule has 0 amide bonds. The molecular weight excluding hydrogens is 160 g/mol. The van der Waals surface area contributed by atoms with E-state index in [-0.39, 0.29) is 0 Å². The highest BCUT2D eigenvalue weighted by atomic mass is 16.5. The van der Waals surface area contributed by atoms with Crippen molar-refractivity contribution < 1.29 is 4.74 Å². The lowest BCUT2D eigenvalue weighted by molar-refractivity contribution is -0.0384. The van der Waals surface area contributed by atoms with Gasteiger partial charge in [-0.25, -0.2) is 0 Å². The number of hydrogen-bond acceptors (Lipinski definition) is 1. The molecule has 0 saturated carbocycles. The van der Waals surface area contributed by atoms with Gasteiger partial charge in [0.1, 0.15) is 0 Å². The second-order valence-corrected chi connectivity index (χ2v) is 5.37. The Bertz CT molecular complexity index is 144. The molecule has 0 aliphatic carbocycles. The topological polar surface area (TPSA) is 9.23 Å². The number of rotatable bonds is 2. The van der Waals surface area contributed by atoms with Crippen LogP contribution in [0.25, 0.3) is 0 Å². The van der Waals surface area contributed by atoms with Crippen LogP contribution in [0.3, 0.4) is 0 Å². The minimum absolute atomic E-state index is 0.468. The highest BCUT2D eigenvalue weighted by Gasteiger charge is 2.30. The van der Waals surface area contributed by atoms with Gasteiger partial charge in [-0.1, -0.05) is 34.1 Å². The van der Waals surface area contributed by atoms with Gasteiger partial charge in [0.2, 0.25) is 0 Å². The molecule has 1 aliphatic rings. The summed E-state index contributed by atoms with van der Waals surface area (Å²) in [6.07, 6.45) is 5.57. The molecule has 1 fully saturated rings. The summed E-state index contributed by atoms with van der Waals surface area (Å²) in [7, 11) is 0. The van der Waals surface area contributed by atoms with Crippen LogP contribution in [0.1, 0.15) is 53.4 Å². The van der Waals surface area contributed by atoms with Crippen molar-refractivity contribution in [3.05, 3.63) is 0 Å². The monoisotopic (exact) mass is 184 g/mol. The molecule has 2 unspecified atom stereocenters. The molecule has 1 saturated heterocycles. The third kappa shape index (κ3) is 3.30. The molecule has 0 spiro atoms. The molecular formula is C12H24O. The zero-order valence-electron chi connectivity index (χ0n) is 9.60. The van der Waals surface area contributed by atoms with Crippen LogP contribution < -0.4 is 0 Å². The van der Waals surface area contributed by atoms with Gasteiger partial charge in [-0.2, -0.15) is 0 Å². The molecule has 2 atom stereocenters. The second-order valence-electron chi connectivity index (χ2n) is 5.37. The van der Waals surface area contributed by atoms with Gasteiger partial charge < -0.3 is 4.74 Å². The minimum atomic E-state index is 0.468. The van der Waals surface area contributed by atoms with Crippen molar-refractivity contribution in [1.82, 2.24) is 0 Å². The van der Waals surface area contributed by atoms with E-state index in [0.29, 0.717) is 11.5 Å². The van der Waals surface area contributed by atoms with E-state index >= 15 is 0 Å². The highest BCUT2D eigenvalue weighted by molar-refractivity contribution is 4.80. The predicted octanol–water partition coefficient (Wildman–Crippen LogP) is 3.63. The van der Waals surface area contributed by atoms with E-state index in [1.54, 1.807) is 0 Å². The molecule has 1 rings (SSSR count). The Balaban J connectivity index is 2.42. The summed E-state index contributed by atoms with van der Waals surface area (Å²) in [6, 6.07) is 0. The first-order valence-electron chi connectivity index (χ1n) is 5.65. The first-order valence-corrected chi connectivity index (χ1v) is 5.65. The van der Waals surface area contributed by atoms with Crippen LogP contribution in [-0.2, 0) is 4.74 Å². The summed E-state index contributed by atoms with van der Waals surface area (Å²) in [5.74, 6) is 0.859. The van der Waals surface area contributed by atoms with E-state index < -0.39 is 0 Å². The van der Waals surface area contributed by atoms with Gasteiger partial charge in [0.25, 0.3) is 0 Å². The molecule has 0 N–H and O–H groups in total. The van der Waals surface area contributed by atoms with Crippen molar-refractivity contribution in [1.29, 1.82) is 0 Å². The molecule has 1 heteroatoms. The Kier molecular flexibility index (Phi) is 3.78.